The van der Waals surface area contributed by atoms with E-state index in [0.717, 1.165) is 6.42 Å². The monoisotopic (exact) mass is 434 g/mol. The Hall–Kier alpha value is -2.50. The van der Waals surface area contributed by atoms with Gasteiger partial charge in [0.25, 0.3) is 5.56 Å². The van der Waals surface area contributed by atoms with Gasteiger partial charge >= 0.3 is 11.7 Å². The molecule has 4 aliphatic rings. The number of aromatic amines is 1. The third-order valence-electron chi connectivity index (χ3n) is 6.42. The number of carboxylic acids is 1. The van der Waals surface area contributed by atoms with E-state index in [2.05, 4.69) is 9.97 Å². The molecule has 2 N–H and O–H groups in total. The van der Waals surface area contributed by atoms with Gasteiger partial charge < -0.3 is 24.3 Å². The van der Waals surface area contributed by atoms with E-state index in [-0.39, 0.29) is 29.6 Å². The molecule has 5 atom stereocenters. The van der Waals surface area contributed by atoms with E-state index in [4.69, 9.17) is 19.3 Å². The Balaban J connectivity index is 1.55. The average Bonchev–Trinajstić information content (AvgIpc) is 3.36. The maximum Gasteiger partial charge on any atom is 0.332 e. The average molecular weight is 434 g/mol. The Bertz CT molecular complexity index is 1150. The van der Waals surface area contributed by atoms with Crippen molar-refractivity contribution in [3.63, 3.8) is 0 Å². The normalized spacial score (nSPS) is 31.2. The van der Waals surface area contributed by atoms with Crippen molar-refractivity contribution in [2.24, 2.45) is 0 Å². The molecule has 0 radical (unpaired) electrons. The van der Waals surface area contributed by atoms with Crippen molar-refractivity contribution in [2.45, 2.75) is 82.6 Å². The van der Waals surface area contributed by atoms with Gasteiger partial charge in [-0.1, -0.05) is 13.8 Å². The fourth-order valence-electron chi connectivity index (χ4n) is 5.21. The van der Waals surface area contributed by atoms with Crippen molar-refractivity contribution in [1.29, 1.82) is 0 Å². The molecule has 4 saturated heterocycles. The molecule has 31 heavy (non-hydrogen) atoms. The zero-order valence-electron chi connectivity index (χ0n) is 17.5. The van der Waals surface area contributed by atoms with E-state index in [9.17, 15) is 14.4 Å². The number of nitrogens with one attached hydrogen (secondary N) is 1. The number of nitrogens with zero attached hydrogens (tertiary/aromatic N) is 3. The smallest absolute Gasteiger partial charge is 0.332 e. The maximum atomic E-state index is 13.0. The highest BCUT2D eigenvalue weighted by atomic mass is 16.6. The van der Waals surface area contributed by atoms with Crippen molar-refractivity contribution in [3.05, 3.63) is 26.7 Å². The second-order valence-electron chi connectivity index (χ2n) is 8.54. The van der Waals surface area contributed by atoms with Gasteiger partial charge in [-0.3, -0.25) is 13.9 Å². The molecule has 0 amide bonds. The first-order valence-corrected chi connectivity index (χ1v) is 10.8. The lowest BCUT2D eigenvalue weighted by Crippen LogP contribution is -2.47. The van der Waals surface area contributed by atoms with Crippen LogP contribution in [0.5, 0.6) is 0 Å². The van der Waals surface area contributed by atoms with Gasteiger partial charge in [-0.15, -0.1) is 0 Å². The number of carbonyl (C=O) groups is 1. The molecule has 4 fully saturated rings. The third-order valence-corrected chi connectivity index (χ3v) is 6.42. The van der Waals surface area contributed by atoms with Crippen LogP contribution in [0.15, 0.2) is 9.59 Å². The summed E-state index contributed by atoms with van der Waals surface area (Å²) >= 11 is 0. The number of imidazole rings is 1. The summed E-state index contributed by atoms with van der Waals surface area (Å²) in [5, 5.41) is 8.92. The van der Waals surface area contributed by atoms with Crippen LogP contribution in [-0.2, 0) is 37.7 Å². The summed E-state index contributed by atoms with van der Waals surface area (Å²) in [4.78, 5) is 44.7. The summed E-state index contributed by atoms with van der Waals surface area (Å²) in [7, 11) is 0. The molecule has 168 valence electrons. The molecule has 0 spiro atoms. The number of aliphatic carboxylic acids is 1. The number of ether oxygens (including phenoxy) is 3. The molecule has 6 heterocycles. The number of fused-ring (bicyclic) bond motifs is 1. The summed E-state index contributed by atoms with van der Waals surface area (Å²) in [5.41, 5.74) is -0.843. The first-order valence-electron chi connectivity index (χ1n) is 10.8. The van der Waals surface area contributed by atoms with Gasteiger partial charge in [0.2, 0.25) is 0 Å². The highest BCUT2D eigenvalue weighted by Crippen LogP contribution is 2.55. The van der Waals surface area contributed by atoms with Gasteiger partial charge in [-0.05, 0) is 12.8 Å². The van der Waals surface area contributed by atoms with Crippen LogP contribution in [0.3, 0.4) is 0 Å². The highest BCUT2D eigenvalue weighted by Gasteiger charge is 2.65. The van der Waals surface area contributed by atoms with E-state index in [0.29, 0.717) is 49.3 Å². The molecule has 11 heteroatoms. The minimum absolute atomic E-state index is 0.222. The number of aryl methyl sites for hydroxylation is 1. The van der Waals surface area contributed by atoms with Crippen LogP contribution >= 0.6 is 0 Å². The summed E-state index contributed by atoms with van der Waals surface area (Å²) in [6, 6.07) is 0. The highest BCUT2D eigenvalue weighted by molar-refractivity contribution is 5.70. The first kappa shape index (κ1) is 20.4. The Labute approximate surface area is 176 Å². The van der Waals surface area contributed by atoms with Crippen molar-refractivity contribution in [2.75, 3.05) is 6.61 Å². The van der Waals surface area contributed by atoms with E-state index < -0.39 is 24.3 Å². The molecule has 2 aromatic rings. The fourth-order valence-corrected chi connectivity index (χ4v) is 5.21. The number of hydrogen-bond acceptors (Lipinski definition) is 7. The Morgan fingerprint density at radius 2 is 1.94 bits per heavy atom. The third kappa shape index (κ3) is 2.98. The number of carboxylic acid groups (broad SMARTS) is 1. The van der Waals surface area contributed by atoms with Gasteiger partial charge in [0.15, 0.2) is 5.65 Å². The van der Waals surface area contributed by atoms with Gasteiger partial charge in [0.1, 0.15) is 35.8 Å². The second kappa shape index (κ2) is 7.28. The van der Waals surface area contributed by atoms with Crippen LogP contribution in [0.25, 0.3) is 11.2 Å². The quantitative estimate of drug-likeness (QED) is 0.606. The summed E-state index contributed by atoms with van der Waals surface area (Å²) in [5.74, 6) is -0.530. The minimum Gasteiger partial charge on any atom is -0.480 e. The van der Waals surface area contributed by atoms with Gasteiger partial charge in [-0.2, -0.15) is 0 Å². The molecule has 0 aliphatic carbocycles. The van der Waals surface area contributed by atoms with Crippen LogP contribution in [-0.4, -0.2) is 61.2 Å². The molecular weight excluding hydrogens is 408 g/mol. The van der Waals surface area contributed by atoms with Crippen LogP contribution < -0.4 is 11.2 Å². The van der Waals surface area contributed by atoms with Crippen LogP contribution in [0.4, 0.5) is 0 Å². The lowest BCUT2D eigenvalue weighted by molar-refractivity contribution is -0.183. The Kier molecular flexibility index (Phi) is 4.79. The van der Waals surface area contributed by atoms with Crippen molar-refractivity contribution in [1.82, 2.24) is 19.1 Å². The molecule has 11 nitrogen and oxygen atoms in total. The molecule has 4 bridgehead atoms. The van der Waals surface area contributed by atoms with Gasteiger partial charge in [0.05, 0.1) is 12.2 Å². The predicted octanol–water partition coefficient (Wildman–Crippen LogP) is 0.331. The molecule has 2 aromatic heterocycles. The second-order valence-corrected chi connectivity index (χ2v) is 8.54. The van der Waals surface area contributed by atoms with E-state index in [1.807, 2.05) is 13.8 Å². The van der Waals surface area contributed by atoms with E-state index in [1.54, 1.807) is 4.57 Å². The molecule has 0 saturated carbocycles. The summed E-state index contributed by atoms with van der Waals surface area (Å²) < 4.78 is 20.6. The molecule has 6 rings (SSSR count). The zero-order valence-corrected chi connectivity index (χ0v) is 17.5. The SMILES string of the molecule is CCCn1c(=O)c2[nH]c(C34CC5OC(C3)C(O4)C5OCC(=O)O)nc2n(CCC)c1=O. The maximum absolute atomic E-state index is 13.0. The summed E-state index contributed by atoms with van der Waals surface area (Å²) in [6.45, 7) is 4.28. The molecule has 0 aromatic carbocycles. The van der Waals surface area contributed by atoms with Crippen LogP contribution in [0.1, 0.15) is 45.4 Å². The Morgan fingerprint density at radius 3 is 2.61 bits per heavy atom. The first-order chi connectivity index (χ1) is 14.9. The Morgan fingerprint density at radius 1 is 1.23 bits per heavy atom. The van der Waals surface area contributed by atoms with Gasteiger partial charge in [-0.25, -0.2) is 14.6 Å². The number of H-pyrrole nitrogens is 1. The van der Waals surface area contributed by atoms with E-state index >= 15 is 0 Å². The molecule has 5 unspecified atom stereocenters. The van der Waals surface area contributed by atoms with Crippen LogP contribution in [0, 0.1) is 0 Å². The standard InChI is InChI=1S/C20H26N4O7/c1-3-5-23-16-13(17(27)24(6-4-2)19(23)28)21-18(22-16)20-7-10-14(29-9-12(25)26)15(31-20)11(8-20)30-10/h10-11,14-15H,3-9H2,1-2H3,(H,21,22)(H,25,26). The number of rotatable bonds is 8. The fraction of sp³-hybridized carbons (Fsp3) is 0.700. The lowest BCUT2D eigenvalue weighted by atomic mass is 9.89. The van der Waals surface area contributed by atoms with Crippen molar-refractivity contribution in [3.8, 4) is 0 Å². The van der Waals surface area contributed by atoms with Gasteiger partial charge in [0, 0.05) is 25.9 Å². The van der Waals surface area contributed by atoms with E-state index in [1.165, 1.54) is 4.57 Å². The lowest BCUT2D eigenvalue weighted by Gasteiger charge is -2.38. The largest absolute Gasteiger partial charge is 0.480 e. The van der Waals surface area contributed by atoms with Crippen LogP contribution in [0.2, 0.25) is 0 Å². The molecular formula is C20H26N4O7. The van der Waals surface area contributed by atoms with Crippen molar-refractivity contribution < 1.29 is 24.1 Å². The number of aromatic nitrogens is 4. The van der Waals surface area contributed by atoms with Crippen molar-refractivity contribution >= 4 is 17.1 Å². The molecule has 4 aliphatic heterocycles. The summed E-state index contributed by atoms with van der Waals surface area (Å²) in [6.07, 6.45) is 1.00. The predicted molar refractivity (Wildman–Crippen MR) is 107 cm³/mol. The topological polar surface area (TPSA) is 138 Å². The number of hydrogen-bond donors (Lipinski definition) is 2. The zero-order chi connectivity index (χ0) is 21.9. The minimum atomic E-state index is -1.04.